The Labute approximate surface area is 159 Å². The lowest BCUT2D eigenvalue weighted by Crippen LogP contribution is -2.51. The molecule has 0 spiro atoms. The number of rotatable bonds is 3. The summed E-state index contributed by atoms with van der Waals surface area (Å²) in [6, 6.07) is 5.63. The van der Waals surface area contributed by atoms with Crippen molar-refractivity contribution >= 4 is 16.9 Å². The van der Waals surface area contributed by atoms with Crippen LogP contribution in [0.25, 0.3) is 11.0 Å². The average Bonchev–Trinajstić information content (AvgIpc) is 2.67. The van der Waals surface area contributed by atoms with Gasteiger partial charge >= 0.3 is 5.63 Å². The highest BCUT2D eigenvalue weighted by Gasteiger charge is 2.35. The number of benzene rings is 1. The number of nitrogens with zero attached hydrogens (tertiary/aromatic N) is 1. The van der Waals surface area contributed by atoms with E-state index in [2.05, 4.69) is 0 Å². The van der Waals surface area contributed by atoms with Crippen molar-refractivity contribution in [2.24, 2.45) is 5.92 Å². The van der Waals surface area contributed by atoms with Gasteiger partial charge in [-0.25, -0.2) is 4.79 Å². The third-order valence-corrected chi connectivity index (χ3v) is 6.23. The third kappa shape index (κ3) is 3.47. The van der Waals surface area contributed by atoms with E-state index in [9.17, 15) is 9.59 Å². The number of hydrogen-bond donors (Lipinski definition) is 0. The predicted molar refractivity (Wildman–Crippen MR) is 104 cm³/mol. The highest BCUT2D eigenvalue weighted by atomic mass is 16.5. The second kappa shape index (κ2) is 7.37. The summed E-state index contributed by atoms with van der Waals surface area (Å²) < 4.78 is 11.2. The second-order valence-electron chi connectivity index (χ2n) is 7.94. The zero-order valence-corrected chi connectivity index (χ0v) is 16.1. The minimum absolute atomic E-state index is 0.0333. The zero-order chi connectivity index (χ0) is 19.0. The predicted octanol–water partition coefficient (Wildman–Crippen LogP) is 3.97. The number of amides is 1. The van der Waals surface area contributed by atoms with Crippen LogP contribution in [0.3, 0.4) is 0 Å². The Kier molecular flexibility index (Phi) is 4.94. The maximum Gasteiger partial charge on any atom is 0.336 e. The molecular formula is C22H27NO4. The molecule has 27 heavy (non-hydrogen) atoms. The first kappa shape index (κ1) is 18.1. The van der Waals surface area contributed by atoms with E-state index in [4.69, 9.17) is 9.15 Å². The Morgan fingerprint density at radius 2 is 1.96 bits per heavy atom. The van der Waals surface area contributed by atoms with E-state index in [1.165, 1.54) is 31.7 Å². The van der Waals surface area contributed by atoms with E-state index in [0.29, 0.717) is 23.3 Å². The molecule has 1 aromatic carbocycles. The summed E-state index contributed by atoms with van der Waals surface area (Å²) in [5, 5.41) is 0.895. The molecule has 4 rings (SSSR count). The van der Waals surface area contributed by atoms with Crippen molar-refractivity contribution < 1.29 is 13.9 Å². The standard InChI is InChI=1S/C22H27NO4/c1-14-12-21(25)27-22-15(2)19(10-9-17(14)22)26-13-20(24)23-11-5-7-16-6-3-4-8-18(16)23/h9-10,12,16,18H,3-8,11,13H2,1-2H3/t16-,18-/m1/s1. The fraction of sp³-hybridized carbons (Fsp3) is 0.545. The molecule has 2 aliphatic rings. The summed E-state index contributed by atoms with van der Waals surface area (Å²) in [6.07, 6.45) is 7.21. The molecule has 0 N–H and O–H groups in total. The SMILES string of the molecule is Cc1cc(=O)oc2c(C)c(OCC(=O)N3CCC[C@H]4CCCC[C@H]43)ccc12. The molecule has 2 atom stereocenters. The smallest absolute Gasteiger partial charge is 0.336 e. The van der Waals surface area contributed by atoms with Gasteiger partial charge in [0.15, 0.2) is 6.61 Å². The topological polar surface area (TPSA) is 59.8 Å². The summed E-state index contributed by atoms with van der Waals surface area (Å²) in [5.41, 5.74) is 1.81. The molecule has 1 aliphatic carbocycles. The maximum absolute atomic E-state index is 12.8. The molecule has 0 radical (unpaired) electrons. The van der Waals surface area contributed by atoms with Crippen LogP contribution in [0.4, 0.5) is 0 Å². The zero-order valence-electron chi connectivity index (χ0n) is 16.1. The van der Waals surface area contributed by atoms with Gasteiger partial charge in [-0.05, 0) is 63.1 Å². The first-order valence-electron chi connectivity index (χ1n) is 10.0. The van der Waals surface area contributed by atoms with Crippen molar-refractivity contribution in [3.63, 3.8) is 0 Å². The Bertz CT molecular complexity index is 914. The van der Waals surface area contributed by atoms with Crippen LogP contribution in [-0.4, -0.2) is 30.0 Å². The minimum atomic E-state index is -0.368. The quantitative estimate of drug-likeness (QED) is 0.768. The molecule has 5 nitrogen and oxygen atoms in total. The highest BCUT2D eigenvalue weighted by molar-refractivity contribution is 5.85. The first-order chi connectivity index (χ1) is 13.0. The van der Waals surface area contributed by atoms with Crippen LogP contribution in [0.1, 0.15) is 49.7 Å². The molecule has 1 amide bonds. The van der Waals surface area contributed by atoms with Gasteiger partial charge in [0.05, 0.1) is 0 Å². The summed E-state index contributed by atoms with van der Waals surface area (Å²) in [6.45, 7) is 4.63. The van der Waals surface area contributed by atoms with Crippen LogP contribution in [-0.2, 0) is 4.79 Å². The highest BCUT2D eigenvalue weighted by Crippen LogP contribution is 2.35. The van der Waals surface area contributed by atoms with E-state index < -0.39 is 0 Å². The summed E-state index contributed by atoms with van der Waals surface area (Å²) in [7, 11) is 0. The van der Waals surface area contributed by atoms with Crippen LogP contribution in [0, 0.1) is 19.8 Å². The molecule has 2 fully saturated rings. The van der Waals surface area contributed by atoms with Gasteiger partial charge in [0.2, 0.25) is 0 Å². The number of carbonyl (C=O) groups is 1. The van der Waals surface area contributed by atoms with Crippen molar-refractivity contribution in [3.8, 4) is 5.75 Å². The number of carbonyl (C=O) groups excluding carboxylic acids is 1. The molecule has 144 valence electrons. The second-order valence-corrected chi connectivity index (χ2v) is 7.94. The van der Waals surface area contributed by atoms with Gasteiger partial charge in [-0.15, -0.1) is 0 Å². The van der Waals surface area contributed by atoms with Crippen LogP contribution in [0.15, 0.2) is 27.4 Å². The van der Waals surface area contributed by atoms with Gasteiger partial charge in [0.1, 0.15) is 11.3 Å². The molecule has 1 saturated heterocycles. The van der Waals surface area contributed by atoms with Gasteiger partial charge < -0.3 is 14.1 Å². The molecule has 0 unspecified atom stereocenters. The van der Waals surface area contributed by atoms with Crippen molar-refractivity contribution in [1.29, 1.82) is 0 Å². The summed E-state index contributed by atoms with van der Waals surface area (Å²) in [5.74, 6) is 1.33. The fourth-order valence-corrected chi connectivity index (χ4v) is 4.81. The van der Waals surface area contributed by atoms with E-state index >= 15 is 0 Å². The fourth-order valence-electron chi connectivity index (χ4n) is 4.81. The molecule has 0 bridgehead atoms. The number of aryl methyl sites for hydroxylation is 2. The number of fused-ring (bicyclic) bond motifs is 2. The molecule has 1 aliphatic heterocycles. The summed E-state index contributed by atoms with van der Waals surface area (Å²) in [4.78, 5) is 26.6. The van der Waals surface area contributed by atoms with Crippen LogP contribution in [0.2, 0.25) is 0 Å². The normalized spacial score (nSPS) is 22.5. The number of piperidine rings is 1. The maximum atomic E-state index is 12.8. The van der Waals surface area contributed by atoms with Gasteiger partial charge in [-0.1, -0.05) is 12.8 Å². The van der Waals surface area contributed by atoms with Crippen molar-refractivity contribution in [3.05, 3.63) is 39.7 Å². The van der Waals surface area contributed by atoms with E-state index in [0.717, 1.165) is 35.9 Å². The van der Waals surface area contributed by atoms with E-state index in [-0.39, 0.29) is 18.1 Å². The molecule has 5 heteroatoms. The first-order valence-corrected chi connectivity index (χ1v) is 10.0. The molecular weight excluding hydrogens is 342 g/mol. The largest absolute Gasteiger partial charge is 0.483 e. The van der Waals surface area contributed by atoms with Gasteiger partial charge in [0.25, 0.3) is 5.91 Å². The molecule has 1 saturated carbocycles. The minimum Gasteiger partial charge on any atom is -0.483 e. The van der Waals surface area contributed by atoms with Crippen LogP contribution < -0.4 is 10.4 Å². The van der Waals surface area contributed by atoms with Crippen molar-refractivity contribution in [2.45, 2.75) is 58.4 Å². The number of hydrogen-bond acceptors (Lipinski definition) is 4. The van der Waals surface area contributed by atoms with Crippen LogP contribution in [0.5, 0.6) is 5.75 Å². The van der Waals surface area contributed by atoms with Crippen LogP contribution >= 0.6 is 0 Å². The lowest BCUT2D eigenvalue weighted by atomic mass is 9.78. The van der Waals surface area contributed by atoms with Gasteiger partial charge in [-0.3, -0.25) is 4.79 Å². The Balaban J connectivity index is 1.50. The molecule has 2 heterocycles. The van der Waals surface area contributed by atoms with Crippen molar-refractivity contribution in [1.82, 2.24) is 4.90 Å². The van der Waals surface area contributed by atoms with Crippen molar-refractivity contribution in [2.75, 3.05) is 13.2 Å². The number of ether oxygens (including phenoxy) is 1. The molecule has 2 aromatic rings. The number of likely N-dealkylation sites (tertiary alicyclic amines) is 1. The average molecular weight is 369 g/mol. The van der Waals surface area contributed by atoms with Gasteiger partial charge in [-0.2, -0.15) is 0 Å². The lowest BCUT2D eigenvalue weighted by molar-refractivity contribution is -0.139. The lowest BCUT2D eigenvalue weighted by Gasteiger charge is -2.44. The molecule has 1 aromatic heterocycles. The summed E-state index contributed by atoms with van der Waals surface area (Å²) >= 11 is 0. The van der Waals surface area contributed by atoms with E-state index in [1.807, 2.05) is 30.9 Å². The van der Waals surface area contributed by atoms with Gasteiger partial charge in [0, 0.05) is 29.6 Å². The Morgan fingerprint density at radius 3 is 2.81 bits per heavy atom. The Morgan fingerprint density at radius 1 is 1.19 bits per heavy atom. The Hall–Kier alpha value is -2.30. The third-order valence-electron chi connectivity index (χ3n) is 6.23. The van der Waals surface area contributed by atoms with E-state index in [1.54, 1.807) is 0 Å². The monoisotopic (exact) mass is 369 g/mol.